The molecule has 0 aliphatic carbocycles. The average Bonchev–Trinajstić information content (AvgIpc) is 3.23. The highest BCUT2D eigenvalue weighted by atomic mass is 16.3. The Hall–Kier alpha value is -4.52. The van der Waals surface area contributed by atoms with E-state index in [1.54, 1.807) is 13.1 Å². The number of hydrogen-bond donors (Lipinski definition) is 2. The van der Waals surface area contributed by atoms with Crippen LogP contribution >= 0.6 is 0 Å². The number of anilines is 1. The molecule has 2 aromatic heterocycles. The van der Waals surface area contributed by atoms with Crippen molar-refractivity contribution in [1.82, 2.24) is 13.7 Å². The van der Waals surface area contributed by atoms with Gasteiger partial charge in [-0.15, -0.1) is 0 Å². The summed E-state index contributed by atoms with van der Waals surface area (Å²) in [6, 6.07) is 22.7. The van der Waals surface area contributed by atoms with Gasteiger partial charge < -0.3 is 15.0 Å². The topological polar surface area (TPSA) is 81.2 Å². The second-order valence-corrected chi connectivity index (χ2v) is 9.02. The maximum atomic E-state index is 13.6. The quantitative estimate of drug-likeness (QED) is 0.410. The molecule has 1 aliphatic rings. The number of aryl methyl sites for hydroxylation is 2. The molecule has 0 bridgehead atoms. The minimum Gasteiger partial charge on any atom is -0.508 e. The highest BCUT2D eigenvalue weighted by Crippen LogP contribution is 2.46. The maximum Gasteiger partial charge on any atom is 0.331 e. The summed E-state index contributed by atoms with van der Waals surface area (Å²) in [6.07, 6.45) is 0. The zero-order valence-electron chi connectivity index (χ0n) is 19.6. The number of hydrogen-bond acceptors (Lipinski definition) is 4. The minimum absolute atomic E-state index is 0.151. The molecular weight excluding hydrogens is 440 g/mol. The second kappa shape index (κ2) is 7.50. The van der Waals surface area contributed by atoms with Crippen molar-refractivity contribution in [2.75, 3.05) is 5.32 Å². The van der Waals surface area contributed by atoms with Gasteiger partial charge in [0.15, 0.2) is 0 Å². The smallest absolute Gasteiger partial charge is 0.331 e. The predicted octanol–water partition coefficient (Wildman–Crippen LogP) is 4.22. The summed E-state index contributed by atoms with van der Waals surface area (Å²) in [6.45, 7) is 1.92. The van der Waals surface area contributed by atoms with Gasteiger partial charge in [-0.3, -0.25) is 13.9 Å². The summed E-state index contributed by atoms with van der Waals surface area (Å²) in [5.74, 6) is 0.151. The summed E-state index contributed by atoms with van der Waals surface area (Å²) >= 11 is 0. The lowest BCUT2D eigenvalue weighted by molar-refractivity contribution is 0.465. The van der Waals surface area contributed by atoms with E-state index in [-0.39, 0.29) is 11.3 Å². The number of para-hydroxylation sites is 2. The first-order chi connectivity index (χ1) is 16.9. The third-order valence-electron chi connectivity index (χ3n) is 6.87. The fourth-order valence-corrected chi connectivity index (χ4v) is 5.22. The van der Waals surface area contributed by atoms with Crippen LogP contribution in [-0.2, 0) is 14.1 Å². The molecule has 1 atom stereocenters. The highest BCUT2D eigenvalue weighted by molar-refractivity contribution is 5.99. The molecule has 7 nitrogen and oxygen atoms in total. The van der Waals surface area contributed by atoms with Gasteiger partial charge in [-0.25, -0.2) is 4.79 Å². The summed E-state index contributed by atoms with van der Waals surface area (Å²) in [5, 5.41) is 15.0. The van der Waals surface area contributed by atoms with Crippen molar-refractivity contribution in [2.45, 2.75) is 13.0 Å². The normalized spacial score (nSPS) is 14.4. The Kier molecular flexibility index (Phi) is 4.51. The van der Waals surface area contributed by atoms with Crippen LogP contribution in [0.5, 0.6) is 5.75 Å². The molecule has 0 fully saturated rings. The largest absolute Gasteiger partial charge is 0.508 e. The molecule has 0 unspecified atom stereocenters. The average molecular weight is 465 g/mol. The molecule has 2 N–H and O–H groups in total. The first-order valence-electron chi connectivity index (χ1n) is 11.4. The van der Waals surface area contributed by atoms with Crippen molar-refractivity contribution >= 4 is 16.6 Å². The number of aromatic hydroxyl groups is 1. The molecule has 1 aliphatic heterocycles. The van der Waals surface area contributed by atoms with E-state index >= 15 is 0 Å². The third kappa shape index (κ3) is 2.91. The Morgan fingerprint density at radius 2 is 1.60 bits per heavy atom. The van der Waals surface area contributed by atoms with Gasteiger partial charge in [-0.2, -0.15) is 0 Å². The first kappa shape index (κ1) is 21.0. The third-order valence-corrected chi connectivity index (χ3v) is 6.87. The molecule has 0 radical (unpaired) electrons. The van der Waals surface area contributed by atoms with Gasteiger partial charge in [-0.1, -0.05) is 54.6 Å². The Morgan fingerprint density at radius 3 is 2.34 bits per heavy atom. The van der Waals surface area contributed by atoms with E-state index in [2.05, 4.69) is 9.88 Å². The predicted molar refractivity (Wildman–Crippen MR) is 138 cm³/mol. The van der Waals surface area contributed by atoms with Crippen molar-refractivity contribution in [3.05, 3.63) is 110 Å². The molecule has 6 rings (SSSR count). The zero-order chi connectivity index (χ0) is 24.4. The molecule has 0 saturated carbocycles. The van der Waals surface area contributed by atoms with Gasteiger partial charge in [-0.05, 0) is 36.2 Å². The summed E-state index contributed by atoms with van der Waals surface area (Å²) in [7, 11) is 3.19. The standard InChI is InChI=1S/C28H24N4O3/c1-16-13-14-18(21(33)15-16)23-26-25-22(27(34)31(3)28(35)30(25)2)24(17-9-5-4-6-10-17)32(26)20-12-8-7-11-19(20)29-23/h4-15,23,29,33H,1-3H3/t23-/m0/s1. The number of phenols is 1. The van der Waals surface area contributed by atoms with Crippen LogP contribution in [-0.4, -0.2) is 18.8 Å². The summed E-state index contributed by atoms with van der Waals surface area (Å²) < 4.78 is 4.75. The van der Waals surface area contributed by atoms with E-state index in [0.717, 1.165) is 38.5 Å². The van der Waals surface area contributed by atoms with E-state index < -0.39 is 11.7 Å². The van der Waals surface area contributed by atoms with Crippen LogP contribution in [0.3, 0.4) is 0 Å². The molecule has 5 aromatic rings. The lowest BCUT2D eigenvalue weighted by Gasteiger charge is -2.31. The van der Waals surface area contributed by atoms with Gasteiger partial charge in [0.05, 0.1) is 39.7 Å². The zero-order valence-corrected chi connectivity index (χ0v) is 19.6. The summed E-state index contributed by atoms with van der Waals surface area (Å²) in [4.78, 5) is 26.7. The summed E-state index contributed by atoms with van der Waals surface area (Å²) in [5.41, 5.74) is 5.44. The van der Waals surface area contributed by atoms with E-state index in [0.29, 0.717) is 16.5 Å². The van der Waals surface area contributed by atoms with Crippen LogP contribution in [0.15, 0.2) is 82.4 Å². The molecular formula is C28H24N4O3. The van der Waals surface area contributed by atoms with Gasteiger partial charge in [0.1, 0.15) is 5.75 Å². The van der Waals surface area contributed by atoms with Crippen LogP contribution < -0.4 is 16.6 Å². The number of fused-ring (bicyclic) bond motifs is 5. The highest BCUT2D eigenvalue weighted by Gasteiger charge is 2.35. The van der Waals surface area contributed by atoms with Crippen LogP contribution in [0.1, 0.15) is 22.9 Å². The fourth-order valence-electron chi connectivity index (χ4n) is 5.22. The fraction of sp³-hybridized carbons (Fsp3) is 0.143. The Labute approximate surface area is 201 Å². The van der Waals surface area contributed by atoms with Crippen molar-refractivity contribution in [3.8, 4) is 22.7 Å². The number of rotatable bonds is 2. The Bertz CT molecular complexity index is 1760. The SMILES string of the molecule is Cc1ccc([C@@H]2Nc3ccccc3-n3c(-c4ccccc4)c4c(=O)n(C)c(=O)n(C)c4c32)c(O)c1. The molecule has 7 heteroatoms. The van der Waals surface area contributed by atoms with E-state index in [1.165, 1.54) is 11.6 Å². The number of aromatic nitrogens is 3. The Balaban J connectivity index is 1.87. The lowest BCUT2D eigenvalue weighted by atomic mass is 9.97. The van der Waals surface area contributed by atoms with Crippen molar-refractivity contribution < 1.29 is 5.11 Å². The van der Waals surface area contributed by atoms with Gasteiger partial charge in [0.25, 0.3) is 5.56 Å². The molecule has 3 aromatic carbocycles. The number of nitrogens with one attached hydrogen (secondary N) is 1. The van der Waals surface area contributed by atoms with Crippen LogP contribution in [0, 0.1) is 6.92 Å². The van der Waals surface area contributed by atoms with Gasteiger partial charge in [0, 0.05) is 19.7 Å². The van der Waals surface area contributed by atoms with Crippen LogP contribution in [0.4, 0.5) is 5.69 Å². The van der Waals surface area contributed by atoms with Gasteiger partial charge >= 0.3 is 5.69 Å². The molecule has 174 valence electrons. The number of nitrogens with zero attached hydrogens (tertiary/aromatic N) is 3. The number of benzene rings is 3. The van der Waals surface area contributed by atoms with Crippen LogP contribution in [0.25, 0.3) is 27.8 Å². The Morgan fingerprint density at radius 1 is 0.886 bits per heavy atom. The lowest BCUT2D eigenvalue weighted by Crippen LogP contribution is -2.37. The van der Waals surface area contributed by atoms with Crippen LogP contribution in [0.2, 0.25) is 0 Å². The second-order valence-electron chi connectivity index (χ2n) is 9.02. The van der Waals surface area contributed by atoms with Crippen molar-refractivity contribution in [3.63, 3.8) is 0 Å². The number of phenolic OH excluding ortho intramolecular Hbond substituents is 1. The first-order valence-corrected chi connectivity index (χ1v) is 11.4. The molecule has 35 heavy (non-hydrogen) atoms. The van der Waals surface area contributed by atoms with E-state index in [1.807, 2.05) is 73.7 Å². The molecule has 3 heterocycles. The molecule has 0 amide bonds. The molecule has 0 saturated heterocycles. The van der Waals surface area contributed by atoms with Gasteiger partial charge in [0.2, 0.25) is 0 Å². The monoisotopic (exact) mass is 464 g/mol. The van der Waals surface area contributed by atoms with E-state index in [4.69, 9.17) is 0 Å². The van der Waals surface area contributed by atoms with Crippen molar-refractivity contribution in [2.24, 2.45) is 14.1 Å². The maximum absolute atomic E-state index is 13.6. The minimum atomic E-state index is -0.497. The molecule has 0 spiro atoms. The van der Waals surface area contributed by atoms with E-state index in [9.17, 15) is 14.7 Å². The van der Waals surface area contributed by atoms with Crippen molar-refractivity contribution in [1.29, 1.82) is 0 Å².